The highest BCUT2D eigenvalue weighted by atomic mass is 79.9. The molecule has 2 aromatic heterocycles. The number of rotatable bonds is 3. The molecule has 0 spiro atoms. The molecule has 1 amide bonds. The Morgan fingerprint density at radius 1 is 1.21 bits per heavy atom. The van der Waals surface area contributed by atoms with E-state index < -0.39 is 0 Å². The van der Waals surface area contributed by atoms with Gasteiger partial charge in [0.15, 0.2) is 10.4 Å². The van der Waals surface area contributed by atoms with E-state index in [2.05, 4.69) is 20.9 Å². The van der Waals surface area contributed by atoms with Crippen molar-refractivity contribution in [2.24, 2.45) is 0 Å². The topological polar surface area (TPSA) is 55.6 Å². The van der Waals surface area contributed by atoms with E-state index in [9.17, 15) is 4.79 Å². The Balaban J connectivity index is 1.43. The van der Waals surface area contributed by atoms with Gasteiger partial charge in [-0.1, -0.05) is 18.2 Å². The van der Waals surface area contributed by atoms with Crippen molar-refractivity contribution in [3.8, 4) is 5.88 Å². The van der Waals surface area contributed by atoms with Crippen molar-refractivity contribution in [2.75, 3.05) is 13.1 Å². The molecule has 1 atom stereocenters. The summed E-state index contributed by atoms with van der Waals surface area (Å²) >= 11 is 3.21. The Labute approximate surface area is 147 Å². The first-order valence-corrected chi connectivity index (χ1v) is 8.55. The molecule has 3 heterocycles. The first kappa shape index (κ1) is 15.2. The van der Waals surface area contributed by atoms with E-state index in [1.165, 1.54) is 0 Å². The second-order valence-electron chi connectivity index (χ2n) is 5.73. The van der Waals surface area contributed by atoms with E-state index in [0.29, 0.717) is 29.4 Å². The van der Waals surface area contributed by atoms with Crippen LogP contribution < -0.4 is 4.74 Å². The van der Waals surface area contributed by atoms with Crippen LogP contribution in [-0.2, 0) is 0 Å². The number of carbonyl (C=O) groups excluding carboxylic acids is 1. The average molecular weight is 387 g/mol. The van der Waals surface area contributed by atoms with E-state index >= 15 is 0 Å². The van der Waals surface area contributed by atoms with Gasteiger partial charge in [-0.3, -0.25) is 4.79 Å². The third-order valence-corrected chi connectivity index (χ3v) is 4.50. The second kappa shape index (κ2) is 6.28. The van der Waals surface area contributed by atoms with Crippen LogP contribution in [0, 0.1) is 0 Å². The third kappa shape index (κ3) is 3.01. The monoisotopic (exact) mass is 386 g/mol. The number of hydrogen-bond acceptors (Lipinski definition) is 4. The summed E-state index contributed by atoms with van der Waals surface area (Å²) < 4.78 is 11.8. The number of hydrogen-bond donors (Lipinski definition) is 0. The minimum Gasteiger partial charge on any atom is -0.472 e. The van der Waals surface area contributed by atoms with Crippen molar-refractivity contribution in [1.29, 1.82) is 0 Å². The van der Waals surface area contributed by atoms with Gasteiger partial charge in [0.05, 0.1) is 12.1 Å². The molecule has 1 aliphatic heterocycles. The van der Waals surface area contributed by atoms with E-state index in [-0.39, 0.29) is 12.0 Å². The van der Waals surface area contributed by atoms with Crippen LogP contribution in [0.2, 0.25) is 0 Å². The molecule has 1 aliphatic rings. The van der Waals surface area contributed by atoms with E-state index in [0.717, 1.165) is 17.3 Å². The standard InChI is InChI=1S/C18H15BrN2O3/c19-16-7-6-15(24-16)18(22)21-10-9-13(11-21)23-17-8-5-12-3-1-2-4-14(12)20-17/h1-8,13H,9-11H2/t13-/m1/s1. The Morgan fingerprint density at radius 3 is 2.92 bits per heavy atom. The summed E-state index contributed by atoms with van der Waals surface area (Å²) in [6, 6.07) is 15.2. The van der Waals surface area contributed by atoms with Crippen LogP contribution in [0.25, 0.3) is 10.9 Å². The predicted octanol–water partition coefficient (Wildman–Crippen LogP) is 3.88. The Kier molecular flexibility index (Phi) is 3.98. The molecule has 0 aliphatic carbocycles. The molecule has 0 unspecified atom stereocenters. The molecule has 1 aromatic carbocycles. The highest BCUT2D eigenvalue weighted by Crippen LogP contribution is 2.22. The zero-order valence-electron chi connectivity index (χ0n) is 12.8. The van der Waals surface area contributed by atoms with Crippen LogP contribution in [0.5, 0.6) is 5.88 Å². The first-order chi connectivity index (χ1) is 11.7. The largest absolute Gasteiger partial charge is 0.472 e. The maximum atomic E-state index is 12.4. The van der Waals surface area contributed by atoms with Gasteiger partial charge in [-0.25, -0.2) is 4.98 Å². The second-order valence-corrected chi connectivity index (χ2v) is 6.51. The van der Waals surface area contributed by atoms with Gasteiger partial charge in [-0.05, 0) is 40.2 Å². The molecule has 1 saturated heterocycles. The van der Waals surface area contributed by atoms with Crippen molar-refractivity contribution in [3.63, 3.8) is 0 Å². The van der Waals surface area contributed by atoms with Crippen molar-refractivity contribution in [3.05, 3.63) is 59.0 Å². The van der Waals surface area contributed by atoms with Gasteiger partial charge in [-0.15, -0.1) is 0 Å². The van der Waals surface area contributed by atoms with Gasteiger partial charge < -0.3 is 14.1 Å². The normalized spacial score (nSPS) is 17.4. The summed E-state index contributed by atoms with van der Waals surface area (Å²) in [7, 11) is 0. The summed E-state index contributed by atoms with van der Waals surface area (Å²) in [4.78, 5) is 18.6. The van der Waals surface area contributed by atoms with Gasteiger partial charge in [-0.2, -0.15) is 0 Å². The number of nitrogens with zero attached hydrogens (tertiary/aromatic N) is 2. The molecular weight excluding hydrogens is 372 g/mol. The van der Waals surface area contributed by atoms with E-state index in [4.69, 9.17) is 9.15 Å². The Morgan fingerprint density at radius 2 is 2.08 bits per heavy atom. The maximum absolute atomic E-state index is 12.4. The number of aromatic nitrogens is 1. The summed E-state index contributed by atoms with van der Waals surface area (Å²) in [6.45, 7) is 1.18. The molecular formula is C18H15BrN2O3. The summed E-state index contributed by atoms with van der Waals surface area (Å²) in [5.74, 6) is 0.818. The van der Waals surface area contributed by atoms with Crippen molar-refractivity contribution in [1.82, 2.24) is 9.88 Å². The number of para-hydroxylation sites is 1. The Bertz CT molecular complexity index is 893. The van der Waals surface area contributed by atoms with Gasteiger partial charge in [0.25, 0.3) is 5.91 Å². The number of likely N-dealkylation sites (tertiary alicyclic amines) is 1. The zero-order valence-corrected chi connectivity index (χ0v) is 14.4. The number of pyridine rings is 1. The molecule has 5 nitrogen and oxygen atoms in total. The lowest BCUT2D eigenvalue weighted by molar-refractivity contribution is 0.0738. The number of ether oxygens (including phenoxy) is 1. The fraction of sp³-hybridized carbons (Fsp3) is 0.222. The average Bonchev–Trinajstić information content (AvgIpc) is 3.23. The highest BCUT2D eigenvalue weighted by Gasteiger charge is 2.30. The summed E-state index contributed by atoms with van der Waals surface area (Å²) in [5.41, 5.74) is 0.904. The molecule has 1 fully saturated rings. The van der Waals surface area contributed by atoms with Crippen LogP contribution >= 0.6 is 15.9 Å². The van der Waals surface area contributed by atoms with Crippen LogP contribution in [0.4, 0.5) is 0 Å². The van der Waals surface area contributed by atoms with Crippen molar-refractivity contribution in [2.45, 2.75) is 12.5 Å². The lowest BCUT2D eigenvalue weighted by Crippen LogP contribution is -2.30. The third-order valence-electron chi connectivity index (χ3n) is 4.08. The number of benzene rings is 1. The smallest absolute Gasteiger partial charge is 0.289 e. The van der Waals surface area contributed by atoms with Crippen LogP contribution in [0.3, 0.4) is 0 Å². The van der Waals surface area contributed by atoms with E-state index in [1.54, 1.807) is 17.0 Å². The zero-order chi connectivity index (χ0) is 16.5. The van der Waals surface area contributed by atoms with Crippen LogP contribution in [-0.4, -0.2) is 35.0 Å². The van der Waals surface area contributed by atoms with Crippen molar-refractivity contribution >= 4 is 32.7 Å². The fourth-order valence-electron chi connectivity index (χ4n) is 2.88. The number of furan rings is 1. The van der Waals surface area contributed by atoms with Crippen molar-refractivity contribution < 1.29 is 13.9 Å². The van der Waals surface area contributed by atoms with Gasteiger partial charge >= 0.3 is 0 Å². The quantitative estimate of drug-likeness (QED) is 0.685. The number of halogens is 1. The first-order valence-electron chi connectivity index (χ1n) is 7.76. The lowest BCUT2D eigenvalue weighted by Gasteiger charge is -2.16. The Hall–Kier alpha value is -2.34. The number of carbonyl (C=O) groups is 1. The molecule has 4 rings (SSSR count). The SMILES string of the molecule is O=C(c1ccc(Br)o1)N1CC[C@@H](Oc2ccc3ccccc3n2)C1. The summed E-state index contributed by atoms with van der Waals surface area (Å²) in [6.07, 6.45) is 0.725. The van der Waals surface area contributed by atoms with Crippen LogP contribution in [0.15, 0.2) is 57.6 Å². The minimum absolute atomic E-state index is 0.0546. The summed E-state index contributed by atoms with van der Waals surface area (Å²) in [5, 5.41) is 1.08. The predicted molar refractivity (Wildman–Crippen MR) is 93.1 cm³/mol. The molecule has 0 radical (unpaired) electrons. The molecule has 122 valence electrons. The van der Waals surface area contributed by atoms with E-state index in [1.807, 2.05) is 36.4 Å². The number of fused-ring (bicyclic) bond motifs is 1. The molecule has 3 aromatic rings. The molecule has 0 bridgehead atoms. The fourth-order valence-corrected chi connectivity index (χ4v) is 3.18. The van der Waals surface area contributed by atoms with Gasteiger partial charge in [0.2, 0.25) is 5.88 Å². The van der Waals surface area contributed by atoms with Crippen LogP contribution in [0.1, 0.15) is 17.0 Å². The van der Waals surface area contributed by atoms with Gasteiger partial charge in [0, 0.05) is 24.4 Å². The highest BCUT2D eigenvalue weighted by molar-refractivity contribution is 9.10. The maximum Gasteiger partial charge on any atom is 0.289 e. The molecule has 0 saturated carbocycles. The molecule has 24 heavy (non-hydrogen) atoms. The lowest BCUT2D eigenvalue weighted by atomic mass is 10.2. The molecule has 6 heteroatoms. The van der Waals surface area contributed by atoms with Gasteiger partial charge in [0.1, 0.15) is 6.10 Å². The number of amides is 1. The molecule has 0 N–H and O–H groups in total. The minimum atomic E-state index is -0.113.